The minimum absolute atomic E-state index is 0.244. The Balaban J connectivity index is 2.90. The predicted molar refractivity (Wildman–Crippen MR) is 51.8 cm³/mol. The Bertz CT molecular complexity index is 436. The quantitative estimate of drug-likeness (QED) is 0.713. The zero-order valence-electron chi connectivity index (χ0n) is 7.30. The second-order valence-corrected chi connectivity index (χ2v) is 4.48. The molecule has 0 fully saturated rings. The second kappa shape index (κ2) is 3.77. The summed E-state index contributed by atoms with van der Waals surface area (Å²) in [6.07, 6.45) is 0. The lowest BCUT2D eigenvalue weighted by Gasteiger charge is -1.99. The number of nitrogens with two attached hydrogens (primary N) is 2. The molecule has 0 aliphatic heterocycles. The zero-order valence-corrected chi connectivity index (χ0v) is 8.12. The number of primary amides is 1. The number of rotatable bonds is 3. The van der Waals surface area contributed by atoms with Crippen LogP contribution in [0.5, 0.6) is 0 Å². The van der Waals surface area contributed by atoms with E-state index in [9.17, 15) is 13.2 Å². The highest BCUT2D eigenvalue weighted by atomic mass is 32.2. The molecule has 76 valence electrons. The van der Waals surface area contributed by atoms with Crippen molar-refractivity contribution in [2.24, 2.45) is 10.9 Å². The maximum absolute atomic E-state index is 10.7. The fourth-order valence-electron chi connectivity index (χ4n) is 0.998. The lowest BCUT2D eigenvalue weighted by Crippen LogP contribution is -2.15. The molecule has 5 nitrogen and oxygen atoms in total. The third-order valence-corrected chi connectivity index (χ3v) is 2.34. The smallest absolute Gasteiger partial charge is 0.248 e. The number of sulfonamides is 1. The van der Waals surface area contributed by atoms with Gasteiger partial charge in [-0.3, -0.25) is 4.79 Å². The molecule has 0 radical (unpaired) electrons. The third kappa shape index (κ3) is 3.15. The summed E-state index contributed by atoms with van der Waals surface area (Å²) in [6.45, 7) is 0. The Morgan fingerprint density at radius 3 is 2.07 bits per heavy atom. The van der Waals surface area contributed by atoms with Gasteiger partial charge < -0.3 is 5.73 Å². The maximum atomic E-state index is 10.7. The Morgan fingerprint density at radius 2 is 1.71 bits per heavy atom. The van der Waals surface area contributed by atoms with Gasteiger partial charge in [-0.2, -0.15) is 0 Å². The number of primary sulfonamides is 1. The minimum atomic E-state index is -3.53. The van der Waals surface area contributed by atoms with Crippen molar-refractivity contribution in [1.29, 1.82) is 0 Å². The summed E-state index contributed by atoms with van der Waals surface area (Å²) in [5, 5.41) is 4.85. The molecule has 1 aromatic carbocycles. The Morgan fingerprint density at radius 1 is 1.21 bits per heavy atom. The van der Waals surface area contributed by atoms with Gasteiger partial charge in [0.15, 0.2) is 0 Å². The number of hydrogen-bond donors (Lipinski definition) is 2. The Labute approximate surface area is 81.8 Å². The summed E-state index contributed by atoms with van der Waals surface area (Å²) in [7, 11) is -3.53. The van der Waals surface area contributed by atoms with E-state index in [2.05, 4.69) is 0 Å². The lowest BCUT2D eigenvalue weighted by atomic mass is 10.1. The summed E-state index contributed by atoms with van der Waals surface area (Å²) in [5.74, 6) is -0.793. The number of carbonyl (C=O) groups is 1. The molecule has 0 spiro atoms. The first-order valence-corrected chi connectivity index (χ1v) is 5.49. The van der Waals surface area contributed by atoms with Gasteiger partial charge in [-0.05, 0) is 17.7 Å². The van der Waals surface area contributed by atoms with E-state index < -0.39 is 15.9 Å². The molecule has 0 bridgehead atoms. The van der Waals surface area contributed by atoms with Crippen molar-refractivity contribution >= 4 is 15.9 Å². The lowest BCUT2D eigenvalue weighted by molar-refractivity contribution is 0.100. The Hall–Kier alpha value is -1.40. The van der Waals surface area contributed by atoms with E-state index in [1.807, 2.05) is 0 Å². The first-order valence-electron chi connectivity index (χ1n) is 3.78. The molecule has 0 aliphatic rings. The third-order valence-electron chi connectivity index (χ3n) is 1.61. The topological polar surface area (TPSA) is 103 Å². The number of benzene rings is 1. The van der Waals surface area contributed by atoms with E-state index in [0.29, 0.717) is 11.1 Å². The molecule has 6 heteroatoms. The van der Waals surface area contributed by atoms with Crippen LogP contribution in [0.4, 0.5) is 0 Å². The van der Waals surface area contributed by atoms with Gasteiger partial charge >= 0.3 is 0 Å². The van der Waals surface area contributed by atoms with Crippen LogP contribution in [0.3, 0.4) is 0 Å². The summed E-state index contributed by atoms with van der Waals surface area (Å²) in [5.41, 5.74) is 5.87. The van der Waals surface area contributed by atoms with Crippen molar-refractivity contribution in [2.45, 2.75) is 5.75 Å². The van der Waals surface area contributed by atoms with Crippen molar-refractivity contribution in [3.05, 3.63) is 35.4 Å². The highest BCUT2D eigenvalue weighted by Gasteiger charge is 2.05. The van der Waals surface area contributed by atoms with Crippen LogP contribution in [0.1, 0.15) is 15.9 Å². The van der Waals surface area contributed by atoms with E-state index in [1.165, 1.54) is 24.3 Å². The molecule has 0 atom stereocenters. The number of amides is 1. The molecule has 0 aromatic heterocycles. The first kappa shape index (κ1) is 10.7. The zero-order chi connectivity index (χ0) is 10.8. The minimum Gasteiger partial charge on any atom is -0.366 e. The molecule has 0 unspecified atom stereocenters. The van der Waals surface area contributed by atoms with Crippen molar-refractivity contribution in [2.75, 3.05) is 0 Å². The molecule has 14 heavy (non-hydrogen) atoms. The van der Waals surface area contributed by atoms with Crippen LogP contribution in [-0.4, -0.2) is 14.3 Å². The van der Waals surface area contributed by atoms with Gasteiger partial charge in [0.1, 0.15) is 0 Å². The standard InChI is InChI=1S/C8H10N2O3S/c9-8(11)7-3-1-6(2-4-7)5-14(10,12)13/h1-4H,5H2,(H2,9,11)(H2,10,12,13). The number of carbonyl (C=O) groups excluding carboxylic acids is 1. The summed E-state index contributed by atoms with van der Waals surface area (Å²) < 4.78 is 21.4. The fourth-order valence-corrected chi connectivity index (χ4v) is 1.65. The van der Waals surface area contributed by atoms with Crippen molar-refractivity contribution in [3.8, 4) is 0 Å². The van der Waals surface area contributed by atoms with Gasteiger partial charge in [-0.25, -0.2) is 13.6 Å². The summed E-state index contributed by atoms with van der Waals surface area (Å²) in [6, 6.07) is 5.93. The fraction of sp³-hybridized carbons (Fsp3) is 0.125. The maximum Gasteiger partial charge on any atom is 0.248 e. The average molecular weight is 214 g/mol. The van der Waals surface area contributed by atoms with Crippen LogP contribution in [0, 0.1) is 0 Å². The molecule has 4 N–H and O–H groups in total. The van der Waals surface area contributed by atoms with Crippen molar-refractivity contribution in [1.82, 2.24) is 0 Å². The van der Waals surface area contributed by atoms with Crippen molar-refractivity contribution < 1.29 is 13.2 Å². The SMILES string of the molecule is NC(=O)c1ccc(CS(N)(=O)=O)cc1. The molecular weight excluding hydrogens is 204 g/mol. The van der Waals surface area contributed by atoms with Crippen LogP contribution in [0.25, 0.3) is 0 Å². The van der Waals surface area contributed by atoms with Crippen molar-refractivity contribution in [3.63, 3.8) is 0 Å². The van der Waals surface area contributed by atoms with Gasteiger partial charge in [0.25, 0.3) is 0 Å². The Kier molecular flexibility index (Phi) is 2.87. The molecule has 1 amide bonds. The van der Waals surface area contributed by atoms with Crippen LogP contribution >= 0.6 is 0 Å². The monoisotopic (exact) mass is 214 g/mol. The predicted octanol–water partition coefficient (Wildman–Crippen LogP) is -0.426. The molecule has 0 aliphatic carbocycles. The van der Waals surface area contributed by atoms with Crippen LogP contribution in [0.2, 0.25) is 0 Å². The average Bonchev–Trinajstić information content (AvgIpc) is 2.02. The van der Waals surface area contributed by atoms with E-state index >= 15 is 0 Å². The van der Waals surface area contributed by atoms with Gasteiger partial charge in [0.05, 0.1) is 5.75 Å². The van der Waals surface area contributed by atoms with Gasteiger partial charge in [-0.1, -0.05) is 12.1 Å². The summed E-state index contributed by atoms with van der Waals surface area (Å²) in [4.78, 5) is 10.7. The highest BCUT2D eigenvalue weighted by molar-refractivity contribution is 7.88. The molecule has 0 saturated carbocycles. The molecule has 1 rings (SSSR count). The van der Waals surface area contributed by atoms with Crippen LogP contribution in [-0.2, 0) is 15.8 Å². The van der Waals surface area contributed by atoms with Crippen LogP contribution < -0.4 is 10.9 Å². The second-order valence-electron chi connectivity index (χ2n) is 2.87. The molecular formula is C8H10N2O3S. The first-order chi connectivity index (χ1) is 6.38. The largest absolute Gasteiger partial charge is 0.366 e. The van der Waals surface area contributed by atoms with E-state index in [1.54, 1.807) is 0 Å². The molecule has 0 heterocycles. The van der Waals surface area contributed by atoms with Gasteiger partial charge in [0.2, 0.25) is 15.9 Å². The van der Waals surface area contributed by atoms with E-state index in [-0.39, 0.29) is 5.75 Å². The number of hydrogen-bond acceptors (Lipinski definition) is 3. The summed E-state index contributed by atoms with van der Waals surface area (Å²) >= 11 is 0. The van der Waals surface area contributed by atoms with E-state index in [4.69, 9.17) is 10.9 Å². The van der Waals surface area contributed by atoms with Gasteiger partial charge in [0, 0.05) is 5.56 Å². The normalized spacial score (nSPS) is 11.2. The molecule has 1 aromatic rings. The van der Waals surface area contributed by atoms with Crippen LogP contribution in [0.15, 0.2) is 24.3 Å². The van der Waals surface area contributed by atoms with Gasteiger partial charge in [-0.15, -0.1) is 0 Å². The molecule has 0 saturated heterocycles. The highest BCUT2D eigenvalue weighted by Crippen LogP contribution is 2.06. The van der Waals surface area contributed by atoms with E-state index in [0.717, 1.165) is 0 Å².